The Morgan fingerprint density at radius 1 is 1.16 bits per heavy atom. The van der Waals surface area contributed by atoms with Crippen molar-refractivity contribution >= 4 is 31.7 Å². The fourth-order valence-electron chi connectivity index (χ4n) is 5.39. The highest BCUT2D eigenvalue weighted by Gasteiger charge is 2.32. The summed E-state index contributed by atoms with van der Waals surface area (Å²) in [6.07, 6.45) is 9.90. The van der Waals surface area contributed by atoms with E-state index >= 15 is 0 Å². The summed E-state index contributed by atoms with van der Waals surface area (Å²) in [6.45, 7) is 3.96. The molecule has 2 aromatic rings. The molecule has 0 amide bonds. The lowest BCUT2D eigenvalue weighted by Crippen LogP contribution is -2.46. The summed E-state index contributed by atoms with van der Waals surface area (Å²) >= 11 is 1.72. The average Bonchev–Trinajstić information content (AvgIpc) is 3.34. The summed E-state index contributed by atoms with van der Waals surface area (Å²) in [6, 6.07) is 0.633. The second-order valence-electron chi connectivity index (χ2n) is 9.04. The highest BCUT2D eigenvalue weighted by molar-refractivity contribution is 7.85. The molecule has 0 spiro atoms. The lowest BCUT2D eigenvalue weighted by atomic mass is 9.91. The Balaban J connectivity index is 1.28. The van der Waals surface area contributed by atoms with Crippen molar-refractivity contribution < 1.29 is 22.1 Å². The van der Waals surface area contributed by atoms with Gasteiger partial charge in [-0.3, -0.25) is 9.08 Å². The van der Waals surface area contributed by atoms with Crippen molar-refractivity contribution in [1.82, 2.24) is 14.9 Å². The Bertz CT molecular complexity index is 1040. The maximum atomic E-state index is 11.3. The van der Waals surface area contributed by atoms with Gasteiger partial charge in [0.05, 0.1) is 31.5 Å². The zero-order valence-corrected chi connectivity index (χ0v) is 20.1. The number of aromatic nitrogens is 2. The molecular weight excluding hydrogens is 450 g/mol. The van der Waals surface area contributed by atoms with Crippen molar-refractivity contribution in [3.63, 3.8) is 0 Å². The van der Waals surface area contributed by atoms with Gasteiger partial charge in [0.25, 0.3) is 10.1 Å². The number of thiophene rings is 1. The molecular formula is C22H31N3O5S2. The Kier molecular flexibility index (Phi) is 6.67. The van der Waals surface area contributed by atoms with E-state index in [1.54, 1.807) is 17.7 Å². The molecule has 8 nitrogen and oxygen atoms in total. The number of fused-ring (bicyclic) bond motifs is 3. The summed E-state index contributed by atoms with van der Waals surface area (Å²) in [7, 11) is -3.42. The van der Waals surface area contributed by atoms with Gasteiger partial charge in [-0.1, -0.05) is 0 Å². The molecule has 0 radical (unpaired) electrons. The van der Waals surface area contributed by atoms with Gasteiger partial charge in [-0.15, -0.1) is 11.3 Å². The minimum Gasteiger partial charge on any atom is -0.474 e. The summed E-state index contributed by atoms with van der Waals surface area (Å²) in [5.41, 5.74) is 1.25. The molecule has 1 unspecified atom stereocenters. The molecule has 1 atom stereocenters. The number of nitrogens with zero attached hydrogens (tertiary/aromatic N) is 3. The third-order valence-corrected chi connectivity index (χ3v) is 8.71. The van der Waals surface area contributed by atoms with Crippen LogP contribution in [0.4, 0.5) is 0 Å². The van der Waals surface area contributed by atoms with Crippen LogP contribution in [0, 0.1) is 0 Å². The quantitative estimate of drug-likeness (QED) is 0.557. The predicted molar refractivity (Wildman–Crippen MR) is 123 cm³/mol. The van der Waals surface area contributed by atoms with E-state index in [0.717, 1.165) is 81.3 Å². The van der Waals surface area contributed by atoms with Gasteiger partial charge in [-0.25, -0.2) is 9.97 Å². The van der Waals surface area contributed by atoms with Crippen LogP contribution in [-0.2, 0) is 25.5 Å². The van der Waals surface area contributed by atoms with E-state index in [-0.39, 0.29) is 18.6 Å². The maximum Gasteiger partial charge on any atom is 0.264 e. The van der Waals surface area contributed by atoms with Crippen molar-refractivity contribution in [2.75, 3.05) is 39.2 Å². The van der Waals surface area contributed by atoms with E-state index in [1.165, 1.54) is 10.4 Å². The minimum absolute atomic E-state index is 0.175. The molecule has 0 bridgehead atoms. The van der Waals surface area contributed by atoms with Crippen LogP contribution in [0.15, 0.2) is 6.33 Å². The van der Waals surface area contributed by atoms with Crippen LogP contribution in [-0.4, -0.2) is 74.6 Å². The fourth-order valence-corrected chi connectivity index (χ4v) is 7.02. The van der Waals surface area contributed by atoms with Gasteiger partial charge in [0, 0.05) is 24.0 Å². The largest absolute Gasteiger partial charge is 0.474 e. The molecule has 1 saturated carbocycles. The Labute approximate surface area is 193 Å². The minimum atomic E-state index is -3.42. The molecule has 5 rings (SSSR count). The number of rotatable bonds is 7. The van der Waals surface area contributed by atoms with Crippen LogP contribution in [0.1, 0.15) is 54.9 Å². The van der Waals surface area contributed by atoms with Gasteiger partial charge < -0.3 is 9.47 Å². The van der Waals surface area contributed by atoms with Gasteiger partial charge in [0.1, 0.15) is 17.3 Å². The van der Waals surface area contributed by atoms with Crippen molar-refractivity contribution in [3.8, 4) is 5.88 Å². The van der Waals surface area contributed by atoms with E-state index in [9.17, 15) is 8.42 Å². The van der Waals surface area contributed by atoms with E-state index in [0.29, 0.717) is 18.3 Å². The first-order valence-electron chi connectivity index (χ1n) is 11.6. The smallest absolute Gasteiger partial charge is 0.264 e. The highest BCUT2D eigenvalue weighted by atomic mass is 32.2. The van der Waals surface area contributed by atoms with Crippen LogP contribution in [0.25, 0.3) is 10.2 Å². The molecule has 176 valence electrons. The predicted octanol–water partition coefficient (Wildman–Crippen LogP) is 3.11. The Hall–Kier alpha value is -1.33. The van der Waals surface area contributed by atoms with Crippen molar-refractivity contribution in [3.05, 3.63) is 16.8 Å². The number of ether oxygens (including phenoxy) is 2. The summed E-state index contributed by atoms with van der Waals surface area (Å²) < 4.78 is 39.7. The van der Waals surface area contributed by atoms with Crippen LogP contribution in [0.2, 0.25) is 0 Å². The molecule has 0 aromatic carbocycles. The zero-order valence-electron chi connectivity index (χ0n) is 18.5. The molecule has 1 aliphatic heterocycles. The van der Waals surface area contributed by atoms with E-state index in [1.807, 2.05) is 0 Å². The number of aryl methyl sites for hydroxylation is 1. The zero-order chi connectivity index (χ0) is 22.1. The standard InChI is InChI=1S/C22H31N3O5S2/c1-32(26,27)29-11-8-15-2-7-18-19(15)20-21(23-14-24-22(20)31-18)30-17-5-3-16(4-6-17)25-9-12-28-13-10-25/h14-17H,2-13H2,1H3. The molecule has 2 fully saturated rings. The van der Waals surface area contributed by atoms with E-state index in [2.05, 4.69) is 14.9 Å². The van der Waals surface area contributed by atoms with Crippen LogP contribution < -0.4 is 4.74 Å². The third-order valence-electron chi connectivity index (χ3n) is 6.94. The molecule has 3 heterocycles. The number of hydrogen-bond donors (Lipinski definition) is 0. The summed E-state index contributed by atoms with van der Waals surface area (Å²) in [4.78, 5) is 13.9. The lowest BCUT2D eigenvalue weighted by Gasteiger charge is -2.38. The van der Waals surface area contributed by atoms with E-state index in [4.69, 9.17) is 13.7 Å². The first-order valence-corrected chi connectivity index (χ1v) is 14.2. The van der Waals surface area contributed by atoms with Gasteiger partial charge in [0.2, 0.25) is 5.88 Å². The Morgan fingerprint density at radius 3 is 2.69 bits per heavy atom. The SMILES string of the molecule is CS(=O)(=O)OCCC1CCc2sc3ncnc(OC4CCC(N5CCOCC5)CC4)c3c21. The third kappa shape index (κ3) is 4.94. The van der Waals surface area contributed by atoms with Crippen molar-refractivity contribution in [1.29, 1.82) is 0 Å². The molecule has 3 aliphatic rings. The normalized spacial score (nSPS) is 27.0. The lowest BCUT2D eigenvalue weighted by molar-refractivity contribution is -0.00126. The number of hydrogen-bond acceptors (Lipinski definition) is 9. The monoisotopic (exact) mass is 481 g/mol. The molecule has 2 aromatic heterocycles. The molecule has 1 saturated heterocycles. The molecule has 2 aliphatic carbocycles. The van der Waals surface area contributed by atoms with E-state index < -0.39 is 10.1 Å². The number of morpholine rings is 1. The summed E-state index contributed by atoms with van der Waals surface area (Å²) in [5, 5.41) is 1.03. The first-order chi connectivity index (χ1) is 15.5. The average molecular weight is 482 g/mol. The Morgan fingerprint density at radius 2 is 1.94 bits per heavy atom. The second kappa shape index (κ2) is 9.50. The first kappa shape index (κ1) is 22.5. The van der Waals surface area contributed by atoms with Gasteiger partial charge >= 0.3 is 0 Å². The van der Waals surface area contributed by atoms with Crippen LogP contribution in [0.3, 0.4) is 0 Å². The van der Waals surface area contributed by atoms with Gasteiger partial charge in [-0.05, 0) is 56.4 Å². The van der Waals surface area contributed by atoms with Gasteiger partial charge in [0.15, 0.2) is 0 Å². The topological polar surface area (TPSA) is 90.9 Å². The maximum absolute atomic E-state index is 11.3. The highest BCUT2D eigenvalue weighted by Crippen LogP contribution is 2.47. The second-order valence-corrected chi connectivity index (χ2v) is 11.8. The van der Waals surface area contributed by atoms with Crippen molar-refractivity contribution in [2.45, 2.75) is 63.0 Å². The van der Waals surface area contributed by atoms with Crippen LogP contribution >= 0.6 is 11.3 Å². The van der Waals surface area contributed by atoms with Crippen LogP contribution in [0.5, 0.6) is 5.88 Å². The van der Waals surface area contributed by atoms with Crippen molar-refractivity contribution in [2.24, 2.45) is 0 Å². The summed E-state index contributed by atoms with van der Waals surface area (Å²) in [5.74, 6) is 0.948. The fraction of sp³-hybridized carbons (Fsp3) is 0.727. The van der Waals surface area contributed by atoms with Gasteiger partial charge in [-0.2, -0.15) is 8.42 Å². The molecule has 32 heavy (non-hydrogen) atoms. The molecule has 10 heteroatoms. The molecule has 0 N–H and O–H groups in total.